The Morgan fingerprint density at radius 1 is 1.31 bits per heavy atom. The summed E-state index contributed by atoms with van der Waals surface area (Å²) in [6.07, 6.45) is 7.39. The van der Waals surface area contributed by atoms with Crippen LogP contribution >= 0.6 is 0 Å². The van der Waals surface area contributed by atoms with Gasteiger partial charge in [0.15, 0.2) is 0 Å². The van der Waals surface area contributed by atoms with Crippen LogP contribution in [0.1, 0.15) is 18.9 Å². The Hall–Kier alpha value is -1.50. The lowest BCUT2D eigenvalue weighted by atomic mass is 10.1. The standard InChI is InChI=1S/C12H13N/c1-2-3-4-10-5-6-12-11(9-10)7-8-13-12/h3-9,13H,2H2,1H3/b4-3-. The van der Waals surface area contributed by atoms with Crippen molar-refractivity contribution in [1.29, 1.82) is 0 Å². The van der Waals surface area contributed by atoms with E-state index in [4.69, 9.17) is 0 Å². The number of fused-ring (bicyclic) bond motifs is 1. The highest BCUT2D eigenvalue weighted by atomic mass is 14.7. The van der Waals surface area contributed by atoms with E-state index in [1.54, 1.807) is 0 Å². The fourth-order valence-electron chi connectivity index (χ4n) is 1.43. The first kappa shape index (κ1) is 8.11. The van der Waals surface area contributed by atoms with Crippen LogP contribution in [0, 0.1) is 0 Å². The SMILES string of the molecule is CC/C=C\c1ccc2[nH]ccc2c1. The molecule has 0 bridgehead atoms. The molecule has 0 saturated heterocycles. The van der Waals surface area contributed by atoms with Crippen molar-refractivity contribution in [3.8, 4) is 0 Å². The van der Waals surface area contributed by atoms with Crippen LogP contribution in [0.2, 0.25) is 0 Å². The Bertz CT molecular complexity index is 423. The van der Waals surface area contributed by atoms with Crippen LogP contribution in [-0.2, 0) is 0 Å². The molecule has 0 aliphatic heterocycles. The highest BCUT2D eigenvalue weighted by Gasteiger charge is 1.93. The van der Waals surface area contributed by atoms with Crippen LogP contribution in [0.4, 0.5) is 0 Å². The predicted octanol–water partition coefficient (Wildman–Crippen LogP) is 3.59. The zero-order valence-corrected chi connectivity index (χ0v) is 7.75. The van der Waals surface area contributed by atoms with Crippen molar-refractivity contribution >= 4 is 17.0 Å². The van der Waals surface area contributed by atoms with Crippen molar-refractivity contribution in [3.63, 3.8) is 0 Å². The molecule has 0 saturated carbocycles. The molecule has 0 atom stereocenters. The maximum absolute atomic E-state index is 3.18. The summed E-state index contributed by atoms with van der Waals surface area (Å²) >= 11 is 0. The summed E-state index contributed by atoms with van der Waals surface area (Å²) in [5.41, 5.74) is 2.47. The molecule has 1 heteroatoms. The lowest BCUT2D eigenvalue weighted by Crippen LogP contribution is -1.71. The third-order valence-corrected chi connectivity index (χ3v) is 2.12. The Morgan fingerprint density at radius 2 is 2.23 bits per heavy atom. The van der Waals surface area contributed by atoms with Gasteiger partial charge in [-0.3, -0.25) is 0 Å². The van der Waals surface area contributed by atoms with E-state index >= 15 is 0 Å². The van der Waals surface area contributed by atoms with Crippen LogP contribution in [0.15, 0.2) is 36.5 Å². The molecule has 0 radical (unpaired) electrons. The van der Waals surface area contributed by atoms with Crippen molar-refractivity contribution in [2.75, 3.05) is 0 Å². The van der Waals surface area contributed by atoms with Crippen LogP contribution in [0.5, 0.6) is 0 Å². The summed E-state index contributed by atoms with van der Waals surface area (Å²) in [5.74, 6) is 0. The number of rotatable bonds is 2. The summed E-state index contributed by atoms with van der Waals surface area (Å²) in [5, 5.41) is 1.28. The van der Waals surface area contributed by atoms with E-state index in [1.807, 2.05) is 6.20 Å². The maximum Gasteiger partial charge on any atom is 0.0454 e. The second-order valence-corrected chi connectivity index (χ2v) is 3.13. The molecule has 0 spiro atoms. The Kier molecular flexibility index (Phi) is 2.17. The molecule has 0 aliphatic carbocycles. The van der Waals surface area contributed by atoms with Crippen molar-refractivity contribution in [1.82, 2.24) is 4.98 Å². The molecule has 1 aromatic heterocycles. The van der Waals surface area contributed by atoms with Gasteiger partial charge in [0.2, 0.25) is 0 Å². The number of nitrogens with one attached hydrogen (secondary N) is 1. The maximum atomic E-state index is 3.18. The molecule has 0 fully saturated rings. The molecule has 13 heavy (non-hydrogen) atoms. The number of hydrogen-bond donors (Lipinski definition) is 1. The molecule has 66 valence electrons. The summed E-state index contributed by atoms with van der Waals surface area (Å²) < 4.78 is 0. The van der Waals surface area contributed by atoms with E-state index in [0.29, 0.717) is 0 Å². The van der Waals surface area contributed by atoms with E-state index in [9.17, 15) is 0 Å². The van der Waals surface area contributed by atoms with Gasteiger partial charge in [-0.05, 0) is 35.6 Å². The number of aromatic nitrogens is 1. The fraction of sp³-hybridized carbons (Fsp3) is 0.167. The number of aromatic amines is 1. The summed E-state index contributed by atoms with van der Waals surface area (Å²) in [4.78, 5) is 3.18. The van der Waals surface area contributed by atoms with Gasteiger partial charge >= 0.3 is 0 Å². The topological polar surface area (TPSA) is 15.8 Å². The number of H-pyrrole nitrogens is 1. The first-order valence-corrected chi connectivity index (χ1v) is 4.64. The van der Waals surface area contributed by atoms with Gasteiger partial charge in [-0.25, -0.2) is 0 Å². The van der Waals surface area contributed by atoms with Crippen molar-refractivity contribution < 1.29 is 0 Å². The van der Waals surface area contributed by atoms with Gasteiger partial charge in [0.05, 0.1) is 0 Å². The van der Waals surface area contributed by atoms with Gasteiger partial charge < -0.3 is 4.98 Å². The lowest BCUT2D eigenvalue weighted by Gasteiger charge is -1.93. The third kappa shape index (κ3) is 1.64. The predicted molar refractivity (Wildman–Crippen MR) is 57.6 cm³/mol. The van der Waals surface area contributed by atoms with E-state index < -0.39 is 0 Å². The Labute approximate surface area is 78.1 Å². The molecule has 0 aliphatic rings. The molecule has 0 amide bonds. The van der Waals surface area contributed by atoms with Crippen molar-refractivity contribution in [3.05, 3.63) is 42.1 Å². The van der Waals surface area contributed by atoms with E-state index in [1.165, 1.54) is 16.5 Å². The van der Waals surface area contributed by atoms with Gasteiger partial charge in [0.25, 0.3) is 0 Å². The van der Waals surface area contributed by atoms with Crippen molar-refractivity contribution in [2.24, 2.45) is 0 Å². The summed E-state index contributed by atoms with van der Waals surface area (Å²) in [6.45, 7) is 2.14. The van der Waals surface area contributed by atoms with Gasteiger partial charge in [0.1, 0.15) is 0 Å². The smallest absolute Gasteiger partial charge is 0.0454 e. The number of benzene rings is 1. The summed E-state index contributed by atoms with van der Waals surface area (Å²) in [7, 11) is 0. The lowest BCUT2D eigenvalue weighted by molar-refractivity contribution is 1.23. The molecule has 1 heterocycles. The first-order chi connectivity index (χ1) is 6.40. The fourth-order valence-corrected chi connectivity index (χ4v) is 1.43. The van der Waals surface area contributed by atoms with E-state index in [-0.39, 0.29) is 0 Å². The number of hydrogen-bond acceptors (Lipinski definition) is 0. The molecular formula is C12H13N. The Morgan fingerprint density at radius 3 is 3.08 bits per heavy atom. The average molecular weight is 171 g/mol. The molecule has 1 N–H and O–H groups in total. The van der Waals surface area contributed by atoms with Gasteiger partial charge in [0, 0.05) is 11.7 Å². The van der Waals surface area contributed by atoms with Gasteiger partial charge in [-0.1, -0.05) is 25.1 Å². The van der Waals surface area contributed by atoms with Crippen LogP contribution in [0.25, 0.3) is 17.0 Å². The monoisotopic (exact) mass is 171 g/mol. The minimum atomic E-state index is 1.09. The molecule has 1 aromatic carbocycles. The quantitative estimate of drug-likeness (QED) is 0.710. The van der Waals surface area contributed by atoms with Crippen LogP contribution in [0.3, 0.4) is 0 Å². The largest absolute Gasteiger partial charge is 0.361 e. The van der Waals surface area contributed by atoms with Gasteiger partial charge in [-0.15, -0.1) is 0 Å². The first-order valence-electron chi connectivity index (χ1n) is 4.64. The van der Waals surface area contributed by atoms with E-state index in [0.717, 1.165) is 6.42 Å². The highest BCUT2D eigenvalue weighted by Crippen LogP contribution is 2.15. The molecule has 2 aromatic rings. The highest BCUT2D eigenvalue weighted by molar-refractivity contribution is 5.81. The molecular weight excluding hydrogens is 158 g/mol. The molecule has 1 nitrogen and oxygen atoms in total. The Balaban J connectivity index is 2.42. The minimum Gasteiger partial charge on any atom is -0.361 e. The zero-order valence-electron chi connectivity index (χ0n) is 7.75. The summed E-state index contributed by atoms with van der Waals surface area (Å²) in [6, 6.07) is 8.53. The second-order valence-electron chi connectivity index (χ2n) is 3.13. The molecule has 2 rings (SSSR count). The normalized spacial score (nSPS) is 11.5. The zero-order chi connectivity index (χ0) is 9.10. The third-order valence-electron chi connectivity index (χ3n) is 2.12. The average Bonchev–Trinajstić information content (AvgIpc) is 2.61. The van der Waals surface area contributed by atoms with E-state index in [2.05, 4.69) is 48.3 Å². The van der Waals surface area contributed by atoms with Gasteiger partial charge in [-0.2, -0.15) is 0 Å². The van der Waals surface area contributed by atoms with Crippen LogP contribution < -0.4 is 0 Å². The second kappa shape index (κ2) is 3.48. The number of allylic oxidation sites excluding steroid dienone is 1. The minimum absolute atomic E-state index is 1.09. The van der Waals surface area contributed by atoms with Crippen LogP contribution in [-0.4, -0.2) is 4.98 Å². The molecule has 0 unspecified atom stereocenters. The van der Waals surface area contributed by atoms with Crippen molar-refractivity contribution in [2.45, 2.75) is 13.3 Å².